The van der Waals surface area contributed by atoms with Gasteiger partial charge in [0.05, 0.1) is 0 Å². The second-order valence-electron chi connectivity index (χ2n) is 3.23. The Bertz CT molecular complexity index is 98.9. The average molecular weight is 141 g/mol. The highest BCUT2D eigenvalue weighted by molar-refractivity contribution is 4.94. The van der Waals surface area contributed by atoms with Crippen LogP contribution in [0.2, 0.25) is 0 Å². The number of hydrogen-bond donors (Lipinski definition) is 1. The third-order valence-electron chi connectivity index (χ3n) is 2.68. The van der Waals surface area contributed by atoms with Gasteiger partial charge < -0.3 is 5.32 Å². The molecule has 1 N–H and O–H groups in total. The molecule has 1 saturated carbocycles. The summed E-state index contributed by atoms with van der Waals surface area (Å²) in [6.45, 7) is 6.31. The fourth-order valence-electron chi connectivity index (χ4n) is 2.13. The predicted octanol–water partition coefficient (Wildman–Crippen LogP) is 2.17. The highest BCUT2D eigenvalue weighted by atomic mass is 15.0. The van der Waals surface area contributed by atoms with Crippen molar-refractivity contribution in [2.45, 2.75) is 52.1 Å². The molecule has 2 rings (SSSR count). The van der Waals surface area contributed by atoms with E-state index in [0.717, 1.165) is 18.0 Å². The van der Waals surface area contributed by atoms with E-state index in [-0.39, 0.29) is 0 Å². The van der Waals surface area contributed by atoms with Crippen LogP contribution in [0.4, 0.5) is 0 Å². The van der Waals surface area contributed by atoms with E-state index in [1.165, 1.54) is 19.3 Å². The van der Waals surface area contributed by atoms with Crippen LogP contribution in [0.15, 0.2) is 0 Å². The van der Waals surface area contributed by atoms with E-state index in [2.05, 4.69) is 12.2 Å². The number of nitrogens with one attached hydrogen (secondary N) is 1. The smallest absolute Gasteiger partial charge is 0.00729 e. The van der Waals surface area contributed by atoms with Crippen molar-refractivity contribution in [1.82, 2.24) is 5.32 Å². The lowest BCUT2D eigenvalue weighted by Crippen LogP contribution is -2.32. The molecule has 0 amide bonds. The molecule has 0 aromatic carbocycles. The van der Waals surface area contributed by atoms with E-state index >= 15 is 0 Å². The van der Waals surface area contributed by atoms with Gasteiger partial charge in [-0.3, -0.25) is 0 Å². The maximum atomic E-state index is 3.55. The molecule has 1 nitrogen and oxygen atoms in total. The lowest BCUT2D eigenvalue weighted by atomic mass is 10.0. The van der Waals surface area contributed by atoms with Crippen LogP contribution in [0, 0.1) is 5.92 Å². The van der Waals surface area contributed by atoms with Crippen molar-refractivity contribution in [3.8, 4) is 0 Å². The van der Waals surface area contributed by atoms with Gasteiger partial charge in [-0.25, -0.2) is 0 Å². The van der Waals surface area contributed by atoms with Crippen LogP contribution >= 0.6 is 0 Å². The third-order valence-corrected chi connectivity index (χ3v) is 2.68. The second-order valence-corrected chi connectivity index (χ2v) is 3.23. The Kier molecular flexibility index (Phi) is 2.72. The summed E-state index contributed by atoms with van der Waals surface area (Å²) < 4.78 is 0. The van der Waals surface area contributed by atoms with Crippen LogP contribution in [0.1, 0.15) is 40.0 Å². The molecule has 1 saturated heterocycles. The van der Waals surface area contributed by atoms with Crippen LogP contribution in [-0.2, 0) is 0 Å². The molecule has 60 valence electrons. The van der Waals surface area contributed by atoms with Crippen LogP contribution < -0.4 is 5.32 Å². The molecule has 0 spiro atoms. The highest BCUT2D eigenvalue weighted by Crippen LogP contribution is 2.34. The Hall–Kier alpha value is -0.0400. The van der Waals surface area contributed by atoms with E-state index in [1.807, 2.05) is 13.8 Å². The number of hydrogen-bond acceptors (Lipinski definition) is 1. The maximum absolute atomic E-state index is 3.55. The van der Waals surface area contributed by atoms with Crippen molar-refractivity contribution < 1.29 is 0 Å². The maximum Gasteiger partial charge on any atom is 0.00729 e. The summed E-state index contributed by atoms with van der Waals surface area (Å²) in [7, 11) is 0. The van der Waals surface area contributed by atoms with Crippen LogP contribution in [0.3, 0.4) is 0 Å². The van der Waals surface area contributed by atoms with Gasteiger partial charge in [-0.1, -0.05) is 13.8 Å². The lowest BCUT2D eigenvalue weighted by molar-refractivity contribution is 0.405. The molecule has 10 heavy (non-hydrogen) atoms. The Morgan fingerprint density at radius 2 is 1.90 bits per heavy atom. The summed E-state index contributed by atoms with van der Waals surface area (Å²) in [5.41, 5.74) is 0. The van der Waals surface area contributed by atoms with E-state index < -0.39 is 0 Å². The van der Waals surface area contributed by atoms with Crippen LogP contribution in [-0.4, -0.2) is 12.1 Å². The van der Waals surface area contributed by atoms with Crippen molar-refractivity contribution in [2.75, 3.05) is 0 Å². The third kappa shape index (κ3) is 1.34. The Balaban J connectivity index is 0.000000231. The molecule has 1 heteroatoms. The molecule has 1 heterocycles. The Morgan fingerprint density at radius 1 is 1.20 bits per heavy atom. The average Bonchev–Trinajstić information content (AvgIpc) is 2.52. The van der Waals surface area contributed by atoms with Crippen molar-refractivity contribution in [3.63, 3.8) is 0 Å². The van der Waals surface area contributed by atoms with Gasteiger partial charge in [0, 0.05) is 12.1 Å². The summed E-state index contributed by atoms with van der Waals surface area (Å²) in [5.74, 6) is 1.03. The minimum Gasteiger partial charge on any atom is -0.311 e. The molecule has 1 aliphatic carbocycles. The van der Waals surface area contributed by atoms with Crippen LogP contribution in [0.5, 0.6) is 0 Å². The van der Waals surface area contributed by atoms with Crippen molar-refractivity contribution in [3.05, 3.63) is 0 Å². The molecule has 1 aliphatic heterocycles. The molecular formula is C9H19N. The first-order valence-corrected chi connectivity index (χ1v) is 4.62. The summed E-state index contributed by atoms with van der Waals surface area (Å²) in [4.78, 5) is 0. The lowest BCUT2D eigenvalue weighted by Gasteiger charge is -2.17. The first kappa shape index (κ1) is 8.06. The van der Waals surface area contributed by atoms with Gasteiger partial charge in [-0.2, -0.15) is 0 Å². The van der Waals surface area contributed by atoms with Gasteiger partial charge in [0.15, 0.2) is 0 Å². The van der Waals surface area contributed by atoms with Crippen molar-refractivity contribution in [1.29, 1.82) is 0 Å². The van der Waals surface area contributed by atoms with E-state index in [0.29, 0.717) is 0 Å². The summed E-state index contributed by atoms with van der Waals surface area (Å²) in [6, 6.07) is 1.73. The zero-order valence-electron chi connectivity index (χ0n) is 7.35. The molecule has 2 bridgehead atoms. The van der Waals surface area contributed by atoms with Gasteiger partial charge >= 0.3 is 0 Å². The van der Waals surface area contributed by atoms with Crippen molar-refractivity contribution >= 4 is 0 Å². The minimum absolute atomic E-state index is 0.828. The van der Waals surface area contributed by atoms with Gasteiger partial charge in [0.2, 0.25) is 0 Å². The second kappa shape index (κ2) is 3.38. The quantitative estimate of drug-likeness (QED) is 0.545. The molecule has 0 radical (unpaired) electrons. The normalized spacial score (nSPS) is 42.9. The van der Waals surface area contributed by atoms with Gasteiger partial charge in [0.1, 0.15) is 0 Å². The van der Waals surface area contributed by atoms with E-state index in [1.54, 1.807) is 0 Å². The summed E-state index contributed by atoms with van der Waals surface area (Å²) in [6.07, 6.45) is 4.38. The first-order chi connectivity index (χ1) is 4.86. The number of piperidine rings is 1. The fraction of sp³-hybridized carbons (Fsp3) is 1.00. The van der Waals surface area contributed by atoms with Gasteiger partial charge in [-0.05, 0) is 32.1 Å². The number of fused-ring (bicyclic) bond motifs is 2. The zero-order chi connectivity index (χ0) is 7.56. The zero-order valence-corrected chi connectivity index (χ0v) is 7.35. The summed E-state index contributed by atoms with van der Waals surface area (Å²) in [5, 5.41) is 3.55. The fourth-order valence-corrected chi connectivity index (χ4v) is 2.13. The van der Waals surface area contributed by atoms with E-state index in [9.17, 15) is 0 Å². The largest absolute Gasteiger partial charge is 0.311 e. The van der Waals surface area contributed by atoms with Crippen molar-refractivity contribution in [2.24, 2.45) is 5.92 Å². The molecule has 0 aromatic rings. The first-order valence-electron chi connectivity index (χ1n) is 4.62. The Labute approximate surface area is 64.2 Å². The SMILES string of the molecule is CC.CC1N[C@H]2CC[C@@H]1C2. The molecule has 2 aliphatic rings. The molecular weight excluding hydrogens is 122 g/mol. The number of rotatable bonds is 0. The molecule has 2 fully saturated rings. The molecule has 1 unspecified atom stereocenters. The predicted molar refractivity (Wildman–Crippen MR) is 45.1 cm³/mol. The Morgan fingerprint density at radius 3 is 2.10 bits per heavy atom. The van der Waals surface area contributed by atoms with Gasteiger partial charge in [0.25, 0.3) is 0 Å². The van der Waals surface area contributed by atoms with Crippen LogP contribution in [0.25, 0.3) is 0 Å². The molecule has 3 atom stereocenters. The minimum atomic E-state index is 0.828. The highest BCUT2D eigenvalue weighted by Gasteiger charge is 2.35. The van der Waals surface area contributed by atoms with Gasteiger partial charge in [-0.15, -0.1) is 0 Å². The standard InChI is InChI=1S/C7H13N.C2H6/c1-5-6-2-3-7(4-6)8-5;1-2/h5-8H,2-4H2,1H3;1-2H3/t5?,6-,7+;/m1./s1. The topological polar surface area (TPSA) is 12.0 Å². The monoisotopic (exact) mass is 141 g/mol. The molecule has 0 aromatic heterocycles. The summed E-state index contributed by atoms with van der Waals surface area (Å²) >= 11 is 0. The van der Waals surface area contributed by atoms with E-state index in [4.69, 9.17) is 0 Å².